The summed E-state index contributed by atoms with van der Waals surface area (Å²) in [6.07, 6.45) is 64.6. The lowest BCUT2D eigenvalue weighted by atomic mass is 10.1. The van der Waals surface area contributed by atoms with Gasteiger partial charge < -0.3 is 19.8 Å². The average molecular weight is 948 g/mol. The number of carbonyl (C=O) groups is 1. The van der Waals surface area contributed by atoms with Gasteiger partial charge in [-0.2, -0.15) is 0 Å². The number of nitrogens with zero attached hydrogens (tertiary/aromatic N) is 1. The highest BCUT2D eigenvalue weighted by molar-refractivity contribution is 7.47. The van der Waals surface area contributed by atoms with Gasteiger partial charge in [0.15, 0.2) is 0 Å². The van der Waals surface area contributed by atoms with E-state index in [9.17, 15) is 19.4 Å². The van der Waals surface area contributed by atoms with Crippen LogP contribution in [0.3, 0.4) is 0 Å². The van der Waals surface area contributed by atoms with Crippen molar-refractivity contribution in [3.63, 3.8) is 0 Å². The first-order valence-corrected chi connectivity index (χ1v) is 29.2. The molecule has 0 bridgehead atoms. The molecule has 9 heteroatoms. The zero-order chi connectivity index (χ0) is 48.5. The van der Waals surface area contributed by atoms with Crippen LogP contribution < -0.4 is 5.32 Å². The number of phosphoric acid groups is 1. The summed E-state index contributed by atoms with van der Waals surface area (Å²) >= 11 is 0. The fourth-order valence-electron chi connectivity index (χ4n) is 7.81. The van der Waals surface area contributed by atoms with Crippen LogP contribution in [-0.2, 0) is 18.4 Å². The Morgan fingerprint density at radius 1 is 0.515 bits per heavy atom. The zero-order valence-electron chi connectivity index (χ0n) is 43.9. The number of allylic oxidation sites excluding steroid dienone is 9. The number of phosphoric ester groups is 1. The summed E-state index contributed by atoms with van der Waals surface area (Å²) in [7, 11) is 1.54. The van der Waals surface area contributed by atoms with Crippen molar-refractivity contribution in [2.24, 2.45) is 0 Å². The maximum atomic E-state index is 13.0. The van der Waals surface area contributed by atoms with Crippen molar-refractivity contribution in [3.8, 4) is 0 Å². The van der Waals surface area contributed by atoms with E-state index in [1.807, 2.05) is 27.2 Å². The molecule has 0 aliphatic heterocycles. The maximum Gasteiger partial charge on any atom is 0.472 e. The Bertz CT molecular complexity index is 1260. The first kappa shape index (κ1) is 64.2. The zero-order valence-corrected chi connectivity index (χ0v) is 44.8. The van der Waals surface area contributed by atoms with E-state index in [0.717, 1.165) is 57.8 Å². The van der Waals surface area contributed by atoms with E-state index in [0.29, 0.717) is 17.4 Å². The van der Waals surface area contributed by atoms with E-state index >= 15 is 0 Å². The van der Waals surface area contributed by atoms with Gasteiger partial charge in [-0.05, 0) is 77.0 Å². The molecule has 1 amide bonds. The van der Waals surface area contributed by atoms with Crippen LogP contribution >= 0.6 is 7.82 Å². The number of likely N-dealkylation sites (N-methyl/N-ethyl adjacent to an activating group) is 1. The van der Waals surface area contributed by atoms with Crippen molar-refractivity contribution in [1.29, 1.82) is 0 Å². The smallest absolute Gasteiger partial charge is 0.387 e. The van der Waals surface area contributed by atoms with Crippen LogP contribution in [0.25, 0.3) is 0 Å². The number of quaternary nitrogens is 1. The van der Waals surface area contributed by atoms with Crippen LogP contribution in [0.15, 0.2) is 60.8 Å². The fourth-order valence-corrected chi connectivity index (χ4v) is 8.55. The second-order valence-electron chi connectivity index (χ2n) is 19.9. The van der Waals surface area contributed by atoms with Gasteiger partial charge in [-0.15, -0.1) is 0 Å². The molecule has 3 atom stereocenters. The van der Waals surface area contributed by atoms with Gasteiger partial charge in [-0.1, -0.05) is 222 Å². The number of rotatable bonds is 50. The van der Waals surface area contributed by atoms with Crippen molar-refractivity contribution >= 4 is 13.7 Å². The van der Waals surface area contributed by atoms with Crippen LogP contribution in [0.1, 0.15) is 245 Å². The minimum absolute atomic E-state index is 0.0500. The first-order valence-electron chi connectivity index (χ1n) is 27.7. The van der Waals surface area contributed by atoms with E-state index in [1.165, 1.54) is 167 Å². The van der Waals surface area contributed by atoms with Crippen molar-refractivity contribution in [3.05, 3.63) is 60.8 Å². The lowest BCUT2D eigenvalue weighted by Crippen LogP contribution is -2.45. The number of aliphatic hydroxyl groups is 1. The normalized spacial score (nSPS) is 14.5. The molecule has 3 N–H and O–H groups in total. The molecule has 0 radical (unpaired) electrons. The third-order valence-corrected chi connectivity index (χ3v) is 13.2. The van der Waals surface area contributed by atoms with Crippen molar-refractivity contribution in [2.75, 3.05) is 40.9 Å². The summed E-state index contributed by atoms with van der Waals surface area (Å²) < 4.78 is 23.7. The Kier molecular flexibility index (Phi) is 46.9. The quantitative estimate of drug-likeness (QED) is 0.0243. The van der Waals surface area contributed by atoms with Gasteiger partial charge in [0.05, 0.1) is 39.9 Å². The number of aliphatic hydroxyl groups excluding tert-OH is 1. The highest BCUT2D eigenvalue weighted by Crippen LogP contribution is 2.43. The standard InChI is InChI=1S/C57H107N2O6P/c1-6-8-10-12-14-16-18-20-22-24-26-28-29-31-33-35-37-39-41-43-45-47-49-51-57(61)58-55(54-65-66(62,63)64-53-52-59(3,4)5)56(60)50-48-46-44-42-40-38-36-34-32-30-27-25-23-21-19-17-15-13-11-9-7-2/h26,28,31-34,40,42,48,50,55-56,60H,6-25,27,29-30,35-39,41,43-47,49,51-54H2,1-5H3,(H-,58,61,62,63)/p+1/b28-26-,33-31-,34-32+,42-40+,50-48+. The molecule has 8 nitrogen and oxygen atoms in total. The number of carbonyl (C=O) groups excluding carboxylic acids is 1. The Balaban J connectivity index is 4.35. The van der Waals surface area contributed by atoms with E-state index in [2.05, 4.69) is 67.8 Å². The lowest BCUT2D eigenvalue weighted by molar-refractivity contribution is -0.870. The summed E-state index contributed by atoms with van der Waals surface area (Å²) in [6.45, 7) is 4.79. The van der Waals surface area contributed by atoms with Crippen LogP contribution in [0.2, 0.25) is 0 Å². The largest absolute Gasteiger partial charge is 0.472 e. The molecule has 66 heavy (non-hydrogen) atoms. The van der Waals surface area contributed by atoms with Crippen LogP contribution in [0, 0.1) is 0 Å². The molecule has 0 rings (SSSR count). The molecule has 0 aliphatic rings. The Labute approximate surface area is 409 Å². The Morgan fingerprint density at radius 2 is 0.879 bits per heavy atom. The molecule has 0 aromatic rings. The Morgan fingerprint density at radius 3 is 1.30 bits per heavy atom. The highest BCUT2D eigenvalue weighted by atomic mass is 31.2. The minimum Gasteiger partial charge on any atom is -0.387 e. The second-order valence-corrected chi connectivity index (χ2v) is 21.4. The third kappa shape index (κ3) is 50.1. The molecule has 0 heterocycles. The number of hydrogen-bond acceptors (Lipinski definition) is 5. The van der Waals surface area contributed by atoms with E-state index in [-0.39, 0.29) is 19.1 Å². The number of unbranched alkanes of at least 4 members (excludes halogenated alkanes) is 29. The van der Waals surface area contributed by atoms with Gasteiger partial charge in [-0.25, -0.2) is 4.57 Å². The van der Waals surface area contributed by atoms with Crippen LogP contribution in [0.4, 0.5) is 0 Å². The topological polar surface area (TPSA) is 105 Å². The predicted molar refractivity (Wildman–Crippen MR) is 286 cm³/mol. The lowest BCUT2D eigenvalue weighted by Gasteiger charge is -2.25. The van der Waals surface area contributed by atoms with Crippen LogP contribution in [-0.4, -0.2) is 73.4 Å². The summed E-state index contributed by atoms with van der Waals surface area (Å²) in [6, 6.07) is -0.877. The van der Waals surface area contributed by atoms with Gasteiger partial charge in [0.2, 0.25) is 5.91 Å². The molecule has 0 saturated carbocycles. The fraction of sp³-hybridized carbons (Fsp3) is 0.807. The van der Waals surface area contributed by atoms with E-state index in [4.69, 9.17) is 9.05 Å². The summed E-state index contributed by atoms with van der Waals surface area (Å²) in [4.78, 5) is 23.3. The minimum atomic E-state index is -4.36. The van der Waals surface area contributed by atoms with Gasteiger partial charge in [0.25, 0.3) is 0 Å². The summed E-state index contributed by atoms with van der Waals surface area (Å²) in [5.74, 6) is -0.198. The molecular formula is C57H108N2O6P+. The van der Waals surface area contributed by atoms with Gasteiger partial charge in [-0.3, -0.25) is 13.8 Å². The van der Waals surface area contributed by atoms with Crippen molar-refractivity contribution in [1.82, 2.24) is 5.32 Å². The number of nitrogens with one attached hydrogen (secondary N) is 1. The predicted octanol–water partition coefficient (Wildman–Crippen LogP) is 16.5. The highest BCUT2D eigenvalue weighted by Gasteiger charge is 2.27. The van der Waals surface area contributed by atoms with Crippen molar-refractivity contribution in [2.45, 2.75) is 257 Å². The van der Waals surface area contributed by atoms with Gasteiger partial charge in [0.1, 0.15) is 13.2 Å². The Hall–Kier alpha value is -1.80. The number of amides is 1. The van der Waals surface area contributed by atoms with E-state index in [1.54, 1.807) is 6.08 Å². The molecule has 0 aromatic carbocycles. The summed E-state index contributed by atoms with van der Waals surface area (Å²) in [5.41, 5.74) is 0. The summed E-state index contributed by atoms with van der Waals surface area (Å²) in [5, 5.41) is 13.9. The molecule has 386 valence electrons. The second kappa shape index (κ2) is 48.2. The third-order valence-electron chi connectivity index (χ3n) is 12.2. The maximum absolute atomic E-state index is 13.0. The molecule has 0 aliphatic carbocycles. The van der Waals surface area contributed by atoms with Crippen molar-refractivity contribution < 1.29 is 32.9 Å². The molecule has 0 aromatic heterocycles. The first-order chi connectivity index (χ1) is 32.0. The van der Waals surface area contributed by atoms with Gasteiger partial charge >= 0.3 is 7.82 Å². The molecular weight excluding hydrogens is 840 g/mol. The molecule has 0 spiro atoms. The SMILES string of the molecule is CCCCCCCCCCC/C=C\C/C=C\CCCCCCCCCC(=O)NC(COP(=O)(O)OCC[N+](C)(C)C)C(O)/C=C/CC/C=C/CC/C=C/CCCCCCCCCCCCC. The molecule has 0 fully saturated rings. The average Bonchev–Trinajstić information content (AvgIpc) is 3.28. The van der Waals surface area contributed by atoms with Gasteiger partial charge in [0, 0.05) is 6.42 Å². The number of hydrogen-bond donors (Lipinski definition) is 3. The molecule has 0 saturated heterocycles. The van der Waals surface area contributed by atoms with Crippen LogP contribution in [0.5, 0.6) is 0 Å². The molecule has 3 unspecified atom stereocenters. The monoisotopic (exact) mass is 948 g/mol. The van der Waals surface area contributed by atoms with E-state index < -0.39 is 20.0 Å².